The van der Waals surface area contributed by atoms with Gasteiger partial charge in [0.15, 0.2) is 0 Å². The maximum Gasteiger partial charge on any atom is 0.433 e. The molecule has 5 nitrogen and oxygen atoms in total. The van der Waals surface area contributed by atoms with Crippen molar-refractivity contribution >= 4 is 11.7 Å². The molecule has 106 valence electrons. The van der Waals surface area contributed by atoms with Gasteiger partial charge in [0, 0.05) is 0 Å². The van der Waals surface area contributed by atoms with Crippen molar-refractivity contribution in [1.82, 2.24) is 4.98 Å². The molecular weight excluding hydrogens is 277 g/mol. The fourth-order valence-electron chi connectivity index (χ4n) is 1.44. The lowest BCUT2D eigenvalue weighted by Gasteiger charge is -2.07. The van der Waals surface area contributed by atoms with E-state index >= 15 is 0 Å². The molecule has 2 rings (SSSR count). The van der Waals surface area contributed by atoms with Crippen molar-refractivity contribution in [1.29, 1.82) is 0 Å². The first kappa shape index (κ1) is 13.9. The van der Waals surface area contributed by atoms with Crippen LogP contribution in [0.4, 0.5) is 18.9 Å². The topological polar surface area (TPSA) is 75.4 Å². The number of hydrogen-bond acceptors (Lipinski definition) is 4. The van der Waals surface area contributed by atoms with Crippen LogP contribution in [0.15, 0.2) is 34.9 Å². The number of aromatic nitrogens is 1. The number of nitrogens with one attached hydrogen (secondary N) is 1. The standard InChI is InChI=1S/C12H9F3N2O3/c13-12(14,15)10-4-1-7(5-17-10)16-6-8-2-3-9(20-8)11(18)19/h1-5,16H,6H2,(H,18,19). The molecule has 0 fully saturated rings. The van der Waals surface area contributed by atoms with E-state index in [-0.39, 0.29) is 12.3 Å². The molecule has 2 N–H and O–H groups in total. The molecular formula is C12H9F3N2O3. The summed E-state index contributed by atoms with van der Waals surface area (Å²) in [4.78, 5) is 13.9. The number of hydrogen-bond donors (Lipinski definition) is 2. The highest BCUT2D eigenvalue weighted by Gasteiger charge is 2.31. The number of carbonyl (C=O) groups is 1. The van der Waals surface area contributed by atoms with E-state index in [1.807, 2.05) is 0 Å². The van der Waals surface area contributed by atoms with Gasteiger partial charge in [-0.25, -0.2) is 9.78 Å². The summed E-state index contributed by atoms with van der Waals surface area (Å²) in [6.45, 7) is 0.139. The Morgan fingerprint density at radius 1 is 1.30 bits per heavy atom. The fraction of sp³-hybridized carbons (Fsp3) is 0.167. The number of alkyl halides is 3. The quantitative estimate of drug-likeness (QED) is 0.903. The minimum atomic E-state index is -4.48. The Morgan fingerprint density at radius 2 is 2.05 bits per heavy atom. The molecule has 0 amide bonds. The van der Waals surface area contributed by atoms with Crippen molar-refractivity contribution in [2.75, 3.05) is 5.32 Å². The molecule has 0 spiro atoms. The van der Waals surface area contributed by atoms with E-state index in [0.29, 0.717) is 11.4 Å². The SMILES string of the molecule is O=C(O)c1ccc(CNc2ccc(C(F)(F)F)nc2)o1. The number of nitrogens with zero attached hydrogens (tertiary/aromatic N) is 1. The van der Waals surface area contributed by atoms with E-state index in [1.165, 1.54) is 18.2 Å². The van der Waals surface area contributed by atoms with Crippen LogP contribution in [-0.4, -0.2) is 16.1 Å². The number of aromatic carboxylic acids is 1. The van der Waals surface area contributed by atoms with Crippen LogP contribution < -0.4 is 5.32 Å². The predicted molar refractivity (Wildman–Crippen MR) is 62.2 cm³/mol. The molecule has 8 heteroatoms. The molecule has 0 atom stereocenters. The number of anilines is 1. The second-order valence-corrected chi connectivity index (χ2v) is 3.85. The summed E-state index contributed by atoms with van der Waals surface area (Å²) >= 11 is 0. The van der Waals surface area contributed by atoms with Gasteiger partial charge in [-0.2, -0.15) is 13.2 Å². The van der Waals surface area contributed by atoms with Crippen LogP contribution in [0.25, 0.3) is 0 Å². The second kappa shape index (κ2) is 5.24. The van der Waals surface area contributed by atoms with E-state index in [4.69, 9.17) is 9.52 Å². The smallest absolute Gasteiger partial charge is 0.433 e. The van der Waals surface area contributed by atoms with E-state index in [9.17, 15) is 18.0 Å². The lowest BCUT2D eigenvalue weighted by atomic mass is 10.3. The van der Waals surface area contributed by atoms with Crippen LogP contribution >= 0.6 is 0 Å². The Kier molecular flexibility index (Phi) is 3.64. The van der Waals surface area contributed by atoms with Gasteiger partial charge in [-0.15, -0.1) is 0 Å². The summed E-state index contributed by atoms with van der Waals surface area (Å²) in [5, 5.41) is 11.4. The minimum absolute atomic E-state index is 0.139. The summed E-state index contributed by atoms with van der Waals surface area (Å²) in [5.74, 6) is -1.04. The van der Waals surface area contributed by atoms with Crippen molar-refractivity contribution in [3.05, 3.63) is 47.7 Å². The Bertz CT molecular complexity index is 605. The van der Waals surface area contributed by atoms with Crippen molar-refractivity contribution in [2.24, 2.45) is 0 Å². The Hall–Kier alpha value is -2.51. The summed E-state index contributed by atoms with van der Waals surface area (Å²) in [5.41, 5.74) is -0.611. The molecule has 0 saturated carbocycles. The van der Waals surface area contributed by atoms with Crippen LogP contribution in [0, 0.1) is 0 Å². The predicted octanol–water partition coefficient (Wildman–Crippen LogP) is 3.00. The number of carboxylic acid groups (broad SMARTS) is 1. The average molecular weight is 286 g/mol. The van der Waals surface area contributed by atoms with Gasteiger partial charge in [0.25, 0.3) is 0 Å². The molecule has 0 aliphatic carbocycles. The maximum atomic E-state index is 12.3. The first-order valence-corrected chi connectivity index (χ1v) is 5.45. The van der Waals surface area contributed by atoms with Gasteiger partial charge in [-0.3, -0.25) is 0 Å². The first-order chi connectivity index (χ1) is 9.36. The lowest BCUT2D eigenvalue weighted by Crippen LogP contribution is -2.08. The molecule has 2 aromatic heterocycles. The number of halogens is 3. The second-order valence-electron chi connectivity index (χ2n) is 3.85. The summed E-state index contributed by atoms with van der Waals surface area (Å²) < 4.78 is 41.9. The molecule has 0 aliphatic rings. The van der Waals surface area contributed by atoms with E-state index in [1.54, 1.807) is 0 Å². The zero-order valence-electron chi connectivity index (χ0n) is 9.94. The van der Waals surface area contributed by atoms with Gasteiger partial charge in [-0.05, 0) is 24.3 Å². The van der Waals surface area contributed by atoms with Crippen molar-refractivity contribution in [2.45, 2.75) is 12.7 Å². The zero-order chi connectivity index (χ0) is 14.8. The van der Waals surface area contributed by atoms with Gasteiger partial charge in [0.1, 0.15) is 11.5 Å². The largest absolute Gasteiger partial charge is 0.475 e. The summed E-state index contributed by atoms with van der Waals surface area (Å²) in [6.07, 6.45) is -3.43. The minimum Gasteiger partial charge on any atom is -0.475 e. The van der Waals surface area contributed by atoms with E-state index in [2.05, 4.69) is 10.3 Å². The number of rotatable bonds is 4. The molecule has 0 aromatic carbocycles. The molecule has 2 aromatic rings. The third-order valence-electron chi connectivity index (χ3n) is 2.39. The number of pyridine rings is 1. The molecule has 0 unspecified atom stereocenters. The van der Waals surface area contributed by atoms with E-state index in [0.717, 1.165) is 12.3 Å². The Morgan fingerprint density at radius 3 is 2.55 bits per heavy atom. The van der Waals surface area contributed by atoms with E-state index < -0.39 is 17.8 Å². The molecule has 2 heterocycles. The highest BCUT2D eigenvalue weighted by Crippen LogP contribution is 2.27. The van der Waals surface area contributed by atoms with Gasteiger partial charge in [0.05, 0.1) is 18.4 Å². The average Bonchev–Trinajstić information content (AvgIpc) is 2.85. The monoisotopic (exact) mass is 286 g/mol. The van der Waals surface area contributed by atoms with Crippen LogP contribution in [0.1, 0.15) is 22.0 Å². The van der Waals surface area contributed by atoms with Gasteiger partial charge in [0.2, 0.25) is 5.76 Å². The molecule has 20 heavy (non-hydrogen) atoms. The zero-order valence-corrected chi connectivity index (χ0v) is 9.94. The van der Waals surface area contributed by atoms with Gasteiger partial charge in [-0.1, -0.05) is 0 Å². The lowest BCUT2D eigenvalue weighted by molar-refractivity contribution is -0.141. The van der Waals surface area contributed by atoms with Gasteiger partial charge < -0.3 is 14.8 Å². The third-order valence-corrected chi connectivity index (χ3v) is 2.39. The molecule has 0 bridgehead atoms. The third kappa shape index (κ3) is 3.28. The van der Waals surface area contributed by atoms with Crippen molar-refractivity contribution in [3.63, 3.8) is 0 Å². The highest BCUT2D eigenvalue weighted by molar-refractivity contribution is 5.84. The van der Waals surface area contributed by atoms with Crippen LogP contribution in [0.5, 0.6) is 0 Å². The van der Waals surface area contributed by atoms with Crippen LogP contribution in [0.2, 0.25) is 0 Å². The summed E-state index contributed by atoms with van der Waals surface area (Å²) in [6, 6.07) is 4.85. The Labute approximate surface area is 111 Å². The molecule has 0 aliphatic heterocycles. The molecule has 0 saturated heterocycles. The highest BCUT2D eigenvalue weighted by atomic mass is 19.4. The van der Waals surface area contributed by atoms with Crippen molar-refractivity contribution < 1.29 is 27.5 Å². The fourth-order valence-corrected chi connectivity index (χ4v) is 1.44. The van der Waals surface area contributed by atoms with Gasteiger partial charge >= 0.3 is 12.1 Å². The normalized spacial score (nSPS) is 11.3. The number of carboxylic acids is 1. The first-order valence-electron chi connectivity index (χ1n) is 5.45. The maximum absolute atomic E-state index is 12.3. The molecule has 0 radical (unpaired) electrons. The Balaban J connectivity index is 1.98. The summed E-state index contributed by atoms with van der Waals surface area (Å²) in [7, 11) is 0. The van der Waals surface area contributed by atoms with Crippen LogP contribution in [0.3, 0.4) is 0 Å². The number of furan rings is 1. The van der Waals surface area contributed by atoms with Crippen LogP contribution in [-0.2, 0) is 12.7 Å². The van der Waals surface area contributed by atoms with Crippen molar-refractivity contribution in [3.8, 4) is 0 Å².